The monoisotopic (exact) mass is 254 g/mol. The molecule has 7 heteroatoms. The van der Waals surface area contributed by atoms with Gasteiger partial charge < -0.3 is 27.5 Å². The number of rotatable bonds is 0. The average molecular weight is 253 g/mol. The van der Waals surface area contributed by atoms with Crippen molar-refractivity contribution in [3.63, 3.8) is 0 Å². The van der Waals surface area contributed by atoms with Gasteiger partial charge in [-0.25, -0.2) is 0 Å². The predicted octanol–water partition coefficient (Wildman–Crippen LogP) is -3.59. The quantitative estimate of drug-likeness (QED) is 0.334. The molecule has 0 bridgehead atoms. The first-order valence-electron chi connectivity index (χ1n) is 0.894. The SMILES string of the molecule is O.O[Si](O)(O)O.[Ba+2].[H-].[H-]. The number of hydrogen-bond acceptors (Lipinski definition) is 4. The van der Waals surface area contributed by atoms with Gasteiger partial charge in [-0.3, -0.25) is 0 Å². The van der Waals surface area contributed by atoms with Gasteiger partial charge >= 0.3 is 57.9 Å². The summed E-state index contributed by atoms with van der Waals surface area (Å²) in [5, 5.41) is 0. The Morgan fingerprint density at radius 2 is 1.00 bits per heavy atom. The summed E-state index contributed by atoms with van der Waals surface area (Å²) in [4.78, 5) is 29.3. The van der Waals surface area contributed by atoms with Crippen LogP contribution in [-0.2, 0) is 0 Å². The van der Waals surface area contributed by atoms with Crippen molar-refractivity contribution in [2.45, 2.75) is 0 Å². The largest absolute Gasteiger partial charge is 2.00 e. The van der Waals surface area contributed by atoms with Gasteiger partial charge in [0.1, 0.15) is 0 Å². The molecule has 0 aromatic carbocycles. The molecular weight excluding hydrogens is 245 g/mol. The van der Waals surface area contributed by atoms with Crippen LogP contribution in [0.5, 0.6) is 0 Å². The summed E-state index contributed by atoms with van der Waals surface area (Å²) in [6, 6.07) is 0. The minimum atomic E-state index is -4.61. The molecule has 0 saturated heterocycles. The van der Waals surface area contributed by atoms with Gasteiger partial charge in [-0.1, -0.05) is 0 Å². The van der Waals surface area contributed by atoms with Crippen molar-refractivity contribution < 1.29 is 27.5 Å². The first kappa shape index (κ1) is 15.8. The van der Waals surface area contributed by atoms with Crippen molar-refractivity contribution in [2.24, 2.45) is 0 Å². The minimum absolute atomic E-state index is 0. The van der Waals surface area contributed by atoms with E-state index in [1.54, 1.807) is 0 Å². The van der Waals surface area contributed by atoms with Crippen LogP contribution in [0.2, 0.25) is 0 Å². The van der Waals surface area contributed by atoms with E-state index >= 15 is 0 Å². The van der Waals surface area contributed by atoms with E-state index < -0.39 is 9.05 Å². The third-order valence-electron chi connectivity index (χ3n) is 0. The van der Waals surface area contributed by atoms with E-state index in [4.69, 9.17) is 19.2 Å². The third-order valence-corrected chi connectivity index (χ3v) is 0. The zero-order chi connectivity index (χ0) is 4.50. The van der Waals surface area contributed by atoms with Gasteiger partial charge in [-0.2, -0.15) is 0 Å². The maximum Gasteiger partial charge on any atom is 2.00 e. The Bertz CT molecular complexity index is 30.4. The van der Waals surface area contributed by atoms with Crippen LogP contribution in [0.4, 0.5) is 0 Å². The normalized spacial score (nSPS) is 8.57. The van der Waals surface area contributed by atoms with Gasteiger partial charge in [0, 0.05) is 0 Å². The molecule has 0 fully saturated rings. The van der Waals surface area contributed by atoms with Crippen LogP contribution in [0.1, 0.15) is 2.85 Å². The molecule has 0 aliphatic carbocycles. The molecular formula is H8BaO5Si. The number of hydrogen-bond donors (Lipinski definition) is 4. The molecule has 0 spiro atoms. The van der Waals surface area contributed by atoms with Crippen LogP contribution in [0, 0.1) is 0 Å². The molecule has 0 radical (unpaired) electrons. The van der Waals surface area contributed by atoms with Crippen molar-refractivity contribution in [1.29, 1.82) is 0 Å². The van der Waals surface area contributed by atoms with E-state index in [9.17, 15) is 0 Å². The Morgan fingerprint density at radius 1 is 1.00 bits per heavy atom. The van der Waals surface area contributed by atoms with E-state index in [0.29, 0.717) is 0 Å². The zero-order valence-electron chi connectivity index (χ0n) is 5.50. The molecule has 5 nitrogen and oxygen atoms in total. The van der Waals surface area contributed by atoms with Crippen LogP contribution in [0.3, 0.4) is 0 Å². The van der Waals surface area contributed by atoms with Gasteiger partial charge in [0.15, 0.2) is 0 Å². The molecule has 7 heavy (non-hydrogen) atoms. The van der Waals surface area contributed by atoms with Crippen LogP contribution >= 0.6 is 0 Å². The van der Waals surface area contributed by atoms with Crippen LogP contribution in [0.25, 0.3) is 0 Å². The minimum Gasteiger partial charge on any atom is -1.00 e. The predicted molar refractivity (Wildman–Crippen MR) is 26.2 cm³/mol. The molecule has 0 aromatic rings. The van der Waals surface area contributed by atoms with Crippen molar-refractivity contribution in [3.05, 3.63) is 0 Å². The van der Waals surface area contributed by atoms with Gasteiger partial charge in [-0.05, 0) is 0 Å². The first-order chi connectivity index (χ1) is 2.00. The molecule has 0 aliphatic rings. The third kappa shape index (κ3) is 93.9. The molecule has 0 atom stereocenters. The maximum atomic E-state index is 7.33. The van der Waals surface area contributed by atoms with Crippen molar-refractivity contribution in [3.8, 4) is 0 Å². The van der Waals surface area contributed by atoms with E-state index in [1.807, 2.05) is 0 Å². The summed E-state index contributed by atoms with van der Waals surface area (Å²) in [5.41, 5.74) is 0. The van der Waals surface area contributed by atoms with Crippen LogP contribution in [-0.4, -0.2) is 82.6 Å². The van der Waals surface area contributed by atoms with Crippen LogP contribution in [0.15, 0.2) is 0 Å². The summed E-state index contributed by atoms with van der Waals surface area (Å²) < 4.78 is 0. The Labute approximate surface area is 84.5 Å². The Kier molecular flexibility index (Phi) is 12.9. The fourth-order valence-corrected chi connectivity index (χ4v) is 0. The van der Waals surface area contributed by atoms with Crippen molar-refractivity contribution in [1.82, 2.24) is 0 Å². The molecule has 0 heterocycles. The fraction of sp³-hybridized carbons (Fsp3) is 0. The molecule has 44 valence electrons. The summed E-state index contributed by atoms with van der Waals surface area (Å²) >= 11 is 0. The second-order valence-corrected chi connectivity index (χ2v) is 1.80. The summed E-state index contributed by atoms with van der Waals surface area (Å²) in [6.07, 6.45) is 0. The van der Waals surface area contributed by atoms with Gasteiger partial charge in [0.2, 0.25) is 0 Å². The smallest absolute Gasteiger partial charge is 1.00 e. The van der Waals surface area contributed by atoms with Crippen LogP contribution < -0.4 is 0 Å². The molecule has 0 aromatic heterocycles. The van der Waals surface area contributed by atoms with Gasteiger partial charge in [0.05, 0.1) is 0 Å². The van der Waals surface area contributed by atoms with E-state index in [-0.39, 0.29) is 57.2 Å². The summed E-state index contributed by atoms with van der Waals surface area (Å²) in [6.45, 7) is 0. The van der Waals surface area contributed by atoms with E-state index in [2.05, 4.69) is 0 Å². The molecule has 0 aliphatic heterocycles. The van der Waals surface area contributed by atoms with E-state index in [0.717, 1.165) is 0 Å². The summed E-state index contributed by atoms with van der Waals surface area (Å²) in [7, 11) is -4.61. The van der Waals surface area contributed by atoms with E-state index in [1.165, 1.54) is 0 Å². The summed E-state index contributed by atoms with van der Waals surface area (Å²) in [5.74, 6) is 0. The molecule has 0 amide bonds. The standard InChI is InChI=1S/Ba.H4O4Si.H2O.2H/c;1-5(2,3)4;;;/h;1-4H;1H2;;/q+2;;;2*-1. The fourth-order valence-electron chi connectivity index (χ4n) is 0. The molecule has 6 N–H and O–H groups in total. The zero-order valence-corrected chi connectivity index (χ0v) is 8.94. The topological polar surface area (TPSA) is 112 Å². The van der Waals surface area contributed by atoms with Gasteiger partial charge in [0.25, 0.3) is 0 Å². The molecule has 0 saturated carbocycles. The van der Waals surface area contributed by atoms with Crippen molar-refractivity contribution in [2.75, 3.05) is 0 Å². The second kappa shape index (κ2) is 5.72. The Hall–Kier alpha value is 1.59. The molecule has 0 rings (SSSR count). The first-order valence-corrected chi connectivity index (χ1v) is 2.68. The average Bonchev–Trinajstić information content (AvgIpc) is 0.722. The maximum absolute atomic E-state index is 7.33. The Balaban J connectivity index is -0.0000000133. The second-order valence-electron chi connectivity index (χ2n) is 0.600. The van der Waals surface area contributed by atoms with Gasteiger partial charge in [-0.15, -0.1) is 0 Å². The Morgan fingerprint density at radius 3 is 1.00 bits per heavy atom. The molecule has 0 unspecified atom stereocenters. The van der Waals surface area contributed by atoms with Crippen molar-refractivity contribution >= 4 is 57.9 Å².